The molecule has 0 spiro atoms. The van der Waals surface area contributed by atoms with Crippen LogP contribution >= 0.6 is 0 Å². The fourth-order valence-corrected chi connectivity index (χ4v) is 3.85. The summed E-state index contributed by atoms with van der Waals surface area (Å²) in [4.78, 5) is 12.5. The Labute approximate surface area is 140 Å². The van der Waals surface area contributed by atoms with E-state index in [9.17, 15) is 13.2 Å². The van der Waals surface area contributed by atoms with Crippen LogP contribution in [0.4, 0.5) is 0 Å². The number of rotatable bonds is 4. The largest absolute Gasteiger partial charge is 0.298 e. The molecule has 0 radical (unpaired) electrons. The second kappa shape index (κ2) is 8.44. The number of carbonyl (C=O) groups is 1. The van der Waals surface area contributed by atoms with E-state index in [1.54, 1.807) is 0 Å². The summed E-state index contributed by atoms with van der Waals surface area (Å²) in [7, 11) is -3.35. The maximum Gasteiger partial charge on any atom is 0.211 e. The van der Waals surface area contributed by atoms with Crippen molar-refractivity contribution in [3.8, 4) is 0 Å². The quantitative estimate of drug-likeness (QED) is 0.752. The first-order valence-corrected chi connectivity index (χ1v) is 8.37. The van der Waals surface area contributed by atoms with Gasteiger partial charge in [-0.3, -0.25) is 4.79 Å². The van der Waals surface area contributed by atoms with Gasteiger partial charge < -0.3 is 0 Å². The van der Waals surface area contributed by atoms with Gasteiger partial charge in [-0.05, 0) is 20.8 Å². The van der Waals surface area contributed by atoms with Crippen molar-refractivity contribution in [3.05, 3.63) is 0 Å². The Bertz CT molecular complexity index is 438. The van der Waals surface area contributed by atoms with E-state index in [0.29, 0.717) is 0 Å². The van der Waals surface area contributed by atoms with Gasteiger partial charge in [-0.2, -0.15) is 4.31 Å². The normalized spacial score (nSPS) is 12.8. The fourth-order valence-electron chi connectivity index (χ4n) is 2.30. The molecule has 0 amide bonds. The highest BCUT2D eigenvalue weighted by atomic mass is 32.2. The van der Waals surface area contributed by atoms with Crippen molar-refractivity contribution in [2.45, 2.75) is 83.2 Å². The zero-order valence-corrected chi connectivity index (χ0v) is 14.6. The van der Waals surface area contributed by atoms with Crippen molar-refractivity contribution < 1.29 is 13.2 Å². The molecule has 4 nitrogen and oxygen atoms in total. The first-order chi connectivity index (χ1) is 7.99. The summed E-state index contributed by atoms with van der Waals surface area (Å²) in [5.74, 6) is 0.0675. The molecule has 138 valence electrons. The van der Waals surface area contributed by atoms with Gasteiger partial charge in [-0.15, -0.1) is 0 Å². The molecular weight excluding hydrogens is 298 g/mol. The zero-order chi connectivity index (χ0) is 15.9. The average Bonchev–Trinajstić information content (AvgIpc) is 2.08. The highest BCUT2D eigenvalue weighted by Gasteiger charge is 2.41. The van der Waals surface area contributed by atoms with Gasteiger partial charge in [0.1, 0.15) is 5.78 Å². The Balaban J connectivity index is -0.000000540. The van der Waals surface area contributed by atoms with Crippen molar-refractivity contribution in [2.75, 3.05) is 12.8 Å². The number of hydrogen-bond donors (Lipinski definition) is 0. The summed E-state index contributed by atoms with van der Waals surface area (Å²) in [5.41, 5.74) is -1.73. The standard InChI is InChI=1S/C14H29NO3S.3CH4/c1-12(2,3)11(16)14(7,8)10-15(13(4,5)6)19(9,17)18;;;/h10H2,1-9H3;3*1H4. The van der Waals surface area contributed by atoms with Gasteiger partial charge in [0.05, 0.1) is 6.26 Å². The summed E-state index contributed by atoms with van der Waals surface area (Å²) in [6.07, 6.45) is 1.19. The van der Waals surface area contributed by atoms with Crippen LogP contribution < -0.4 is 0 Å². The molecule has 0 rings (SSSR count). The van der Waals surface area contributed by atoms with Crippen molar-refractivity contribution in [1.82, 2.24) is 4.31 Å². The third kappa shape index (κ3) is 8.28. The van der Waals surface area contributed by atoms with Crippen LogP contribution in [0.5, 0.6) is 0 Å². The third-order valence-corrected chi connectivity index (χ3v) is 4.46. The lowest BCUT2D eigenvalue weighted by Gasteiger charge is -2.40. The Morgan fingerprint density at radius 1 is 0.864 bits per heavy atom. The molecule has 0 bridgehead atoms. The Morgan fingerprint density at radius 2 is 1.18 bits per heavy atom. The number of ketones is 1. The number of nitrogens with zero attached hydrogens (tertiary/aromatic N) is 1. The molecule has 0 saturated carbocycles. The van der Waals surface area contributed by atoms with E-state index in [-0.39, 0.29) is 34.6 Å². The lowest BCUT2D eigenvalue weighted by molar-refractivity contribution is -0.135. The van der Waals surface area contributed by atoms with Crippen molar-refractivity contribution in [2.24, 2.45) is 10.8 Å². The molecule has 0 N–H and O–H groups in total. The molecule has 0 aliphatic rings. The summed E-state index contributed by atoms with van der Waals surface area (Å²) in [6.45, 7) is 14.9. The van der Waals surface area contributed by atoms with Crippen LogP contribution in [0, 0.1) is 10.8 Å². The summed E-state index contributed by atoms with van der Waals surface area (Å²) >= 11 is 0. The van der Waals surface area contributed by atoms with E-state index < -0.39 is 26.4 Å². The lowest BCUT2D eigenvalue weighted by atomic mass is 9.74. The van der Waals surface area contributed by atoms with Crippen LogP contribution in [-0.4, -0.2) is 36.8 Å². The first-order valence-electron chi connectivity index (χ1n) is 6.52. The fraction of sp³-hybridized carbons (Fsp3) is 0.941. The monoisotopic (exact) mass is 339 g/mol. The van der Waals surface area contributed by atoms with Gasteiger partial charge in [-0.25, -0.2) is 8.42 Å². The van der Waals surface area contributed by atoms with Gasteiger partial charge in [-0.1, -0.05) is 56.9 Å². The number of sulfonamides is 1. The Morgan fingerprint density at radius 3 is 1.36 bits per heavy atom. The number of Topliss-reactive ketones (excluding diaryl/α,β-unsaturated/α-hetero) is 1. The molecule has 22 heavy (non-hydrogen) atoms. The van der Waals surface area contributed by atoms with Gasteiger partial charge in [0.15, 0.2) is 0 Å². The number of carbonyl (C=O) groups excluding carboxylic acids is 1. The lowest BCUT2D eigenvalue weighted by Crippen LogP contribution is -2.52. The molecule has 5 heteroatoms. The second-order valence-corrected chi connectivity index (χ2v) is 9.81. The Kier molecular flexibility index (Phi) is 11.3. The highest BCUT2D eigenvalue weighted by molar-refractivity contribution is 7.88. The summed E-state index contributed by atoms with van der Waals surface area (Å²) in [6, 6.07) is 0. The van der Waals surface area contributed by atoms with E-state index in [0.717, 1.165) is 0 Å². The van der Waals surface area contributed by atoms with E-state index in [1.807, 2.05) is 55.4 Å². The predicted molar refractivity (Wildman–Crippen MR) is 99.7 cm³/mol. The minimum absolute atomic E-state index is 0. The van der Waals surface area contributed by atoms with Crippen molar-refractivity contribution >= 4 is 15.8 Å². The van der Waals surface area contributed by atoms with Crippen molar-refractivity contribution in [1.29, 1.82) is 0 Å². The molecule has 0 heterocycles. The van der Waals surface area contributed by atoms with E-state index in [4.69, 9.17) is 0 Å². The second-order valence-electron chi connectivity index (χ2n) is 7.90. The third-order valence-electron chi connectivity index (χ3n) is 2.98. The van der Waals surface area contributed by atoms with E-state index >= 15 is 0 Å². The van der Waals surface area contributed by atoms with Gasteiger partial charge >= 0.3 is 0 Å². The average molecular weight is 340 g/mol. The van der Waals surface area contributed by atoms with Crippen LogP contribution in [-0.2, 0) is 14.8 Å². The van der Waals surface area contributed by atoms with Gasteiger partial charge in [0.2, 0.25) is 10.0 Å². The molecule has 0 aromatic heterocycles. The maximum absolute atomic E-state index is 12.5. The van der Waals surface area contributed by atoms with Crippen LogP contribution in [0.2, 0.25) is 0 Å². The molecule has 0 saturated heterocycles. The Hall–Kier alpha value is -0.420. The molecule has 0 aromatic carbocycles. The number of hydrogen-bond acceptors (Lipinski definition) is 3. The maximum atomic E-state index is 12.5. The molecular formula is C17H41NO3S. The van der Waals surface area contributed by atoms with Gasteiger partial charge in [0, 0.05) is 22.9 Å². The molecule has 0 atom stereocenters. The van der Waals surface area contributed by atoms with E-state index in [2.05, 4.69) is 0 Å². The summed E-state index contributed by atoms with van der Waals surface area (Å²) < 4.78 is 25.3. The minimum Gasteiger partial charge on any atom is -0.298 e. The zero-order valence-electron chi connectivity index (χ0n) is 13.8. The molecule has 0 aliphatic heterocycles. The van der Waals surface area contributed by atoms with Crippen LogP contribution in [0.15, 0.2) is 0 Å². The van der Waals surface area contributed by atoms with Crippen molar-refractivity contribution in [3.63, 3.8) is 0 Å². The molecule has 0 aliphatic carbocycles. The smallest absolute Gasteiger partial charge is 0.211 e. The molecule has 0 unspecified atom stereocenters. The van der Waals surface area contributed by atoms with Gasteiger partial charge in [0.25, 0.3) is 0 Å². The SMILES string of the molecule is C.C.C.CC(C)(C)C(=O)C(C)(C)CN(C(C)(C)C)S(C)(=O)=O. The highest BCUT2D eigenvalue weighted by Crippen LogP contribution is 2.32. The van der Waals surface area contributed by atoms with Crippen LogP contribution in [0.3, 0.4) is 0 Å². The van der Waals surface area contributed by atoms with E-state index in [1.165, 1.54) is 10.6 Å². The minimum atomic E-state index is -3.35. The first kappa shape index (κ1) is 29.6. The molecule has 0 fully saturated rings. The topological polar surface area (TPSA) is 54.5 Å². The van der Waals surface area contributed by atoms with Crippen LogP contribution in [0.1, 0.15) is 77.7 Å². The molecule has 0 aromatic rings. The predicted octanol–water partition coefficient (Wildman–Crippen LogP) is 4.60. The summed E-state index contributed by atoms with van der Waals surface area (Å²) in [5, 5.41) is 0. The van der Waals surface area contributed by atoms with Crippen LogP contribution in [0.25, 0.3) is 0 Å².